The van der Waals surface area contributed by atoms with E-state index in [1.165, 1.54) is 48.5 Å². The molecule has 1 fully saturated rings. The molecule has 2 aliphatic heterocycles. The summed E-state index contributed by atoms with van der Waals surface area (Å²) < 4.78 is 10.6. The van der Waals surface area contributed by atoms with Crippen molar-refractivity contribution in [3.63, 3.8) is 0 Å². The van der Waals surface area contributed by atoms with Crippen LogP contribution in [0.2, 0.25) is 0 Å². The minimum atomic E-state index is -1.58. The Hall–Kier alpha value is -1.88. The Bertz CT molecular complexity index is 765. The molecule has 1 aromatic rings. The second-order valence-electron chi connectivity index (χ2n) is 5.76. The van der Waals surface area contributed by atoms with Crippen molar-refractivity contribution >= 4 is 45.9 Å². The maximum absolute atomic E-state index is 13.0. The number of carbonyl (C=O) groups excluding carboxylic acids is 2. The molecule has 0 bridgehead atoms. The van der Waals surface area contributed by atoms with Gasteiger partial charge >= 0.3 is 5.97 Å². The fraction of sp³-hybridized carbons (Fsp3) is 0.438. The molecule has 3 heterocycles. The zero-order valence-corrected chi connectivity index (χ0v) is 16.0. The van der Waals surface area contributed by atoms with Crippen LogP contribution in [0.25, 0.3) is 0 Å². The molecule has 2 amide bonds. The molecule has 3 atom stereocenters. The van der Waals surface area contributed by atoms with Gasteiger partial charge in [0.15, 0.2) is 0 Å². The standard InChI is InChI=1S/C16H18N2O6S2/c1-9(19)18(11-5-4-6-25-11)16(24-3)14(22)17-7-10(8-23-2)12(13(20)21)26-15(16)17/h4-7,12,15H,8H2,1-3H3,(H,20,21)/t12?,15-,16?/m1/s1. The van der Waals surface area contributed by atoms with Gasteiger partial charge in [0.25, 0.3) is 11.6 Å². The predicted molar refractivity (Wildman–Crippen MR) is 96.8 cm³/mol. The van der Waals surface area contributed by atoms with Gasteiger partial charge in [-0.2, -0.15) is 0 Å². The van der Waals surface area contributed by atoms with Gasteiger partial charge in [-0.25, -0.2) is 0 Å². The fourth-order valence-electron chi connectivity index (χ4n) is 3.20. The molecule has 0 saturated carbocycles. The molecule has 140 valence electrons. The molecule has 0 radical (unpaired) electrons. The van der Waals surface area contributed by atoms with Gasteiger partial charge in [-0.3, -0.25) is 24.2 Å². The van der Waals surface area contributed by atoms with Crippen molar-refractivity contribution in [2.75, 3.05) is 25.7 Å². The Kier molecular flexibility index (Phi) is 5.11. The van der Waals surface area contributed by atoms with Crippen molar-refractivity contribution in [3.8, 4) is 0 Å². The van der Waals surface area contributed by atoms with Crippen LogP contribution in [-0.4, -0.2) is 65.0 Å². The lowest BCUT2D eigenvalue weighted by Crippen LogP contribution is -2.80. The monoisotopic (exact) mass is 398 g/mol. The average molecular weight is 398 g/mol. The molecule has 10 heteroatoms. The average Bonchev–Trinajstić information content (AvgIpc) is 3.12. The molecule has 2 unspecified atom stereocenters. The number of thiophene rings is 1. The Morgan fingerprint density at radius 2 is 2.15 bits per heavy atom. The highest BCUT2D eigenvalue weighted by Gasteiger charge is 2.68. The van der Waals surface area contributed by atoms with Gasteiger partial charge < -0.3 is 14.6 Å². The van der Waals surface area contributed by atoms with Gasteiger partial charge in [0.2, 0.25) is 5.91 Å². The van der Waals surface area contributed by atoms with Gasteiger partial charge in [-0.1, -0.05) is 0 Å². The molecule has 0 aliphatic carbocycles. The SMILES string of the molecule is COCC1=CN2C(=O)C(OC)(N(C(C)=O)c3cccs3)[C@H]2SC1C(=O)O. The van der Waals surface area contributed by atoms with Gasteiger partial charge in [0.05, 0.1) is 6.61 Å². The molecule has 2 aliphatic rings. The van der Waals surface area contributed by atoms with Crippen molar-refractivity contribution in [2.24, 2.45) is 0 Å². The number of thioether (sulfide) groups is 1. The molecule has 0 spiro atoms. The molecule has 0 aromatic carbocycles. The number of carboxylic acids is 1. The Balaban J connectivity index is 2.04. The number of ether oxygens (including phenoxy) is 2. The summed E-state index contributed by atoms with van der Waals surface area (Å²) in [6.45, 7) is 1.45. The Labute approximate surface area is 158 Å². The zero-order valence-electron chi connectivity index (χ0n) is 14.4. The number of anilines is 1. The topological polar surface area (TPSA) is 96.4 Å². The maximum atomic E-state index is 13.0. The third-order valence-electron chi connectivity index (χ3n) is 4.26. The van der Waals surface area contributed by atoms with Crippen molar-refractivity contribution in [2.45, 2.75) is 23.3 Å². The lowest BCUT2D eigenvalue weighted by Gasteiger charge is -2.58. The van der Waals surface area contributed by atoms with Crippen LogP contribution in [0.15, 0.2) is 29.3 Å². The first-order valence-electron chi connectivity index (χ1n) is 7.68. The third-order valence-corrected chi connectivity index (χ3v) is 6.69. The highest BCUT2D eigenvalue weighted by molar-refractivity contribution is 8.01. The summed E-state index contributed by atoms with van der Waals surface area (Å²) in [5.41, 5.74) is -1.10. The second-order valence-corrected chi connectivity index (χ2v) is 7.88. The number of aliphatic carboxylic acids is 1. The summed E-state index contributed by atoms with van der Waals surface area (Å²) in [4.78, 5) is 39.8. The summed E-state index contributed by atoms with van der Waals surface area (Å²) in [6, 6.07) is 3.49. The van der Waals surface area contributed by atoms with E-state index in [1.807, 2.05) is 0 Å². The van der Waals surface area contributed by atoms with Crippen LogP contribution in [0.5, 0.6) is 0 Å². The van der Waals surface area contributed by atoms with Crippen molar-refractivity contribution in [3.05, 3.63) is 29.3 Å². The van der Waals surface area contributed by atoms with E-state index in [-0.39, 0.29) is 12.5 Å². The molecular weight excluding hydrogens is 380 g/mol. The number of fused-ring (bicyclic) bond motifs is 1. The smallest absolute Gasteiger partial charge is 0.321 e. The number of β-lactam (4-membered cyclic amide) rings is 1. The van der Waals surface area contributed by atoms with Gasteiger partial charge in [-0.05, 0) is 23.1 Å². The quantitative estimate of drug-likeness (QED) is 0.571. The first-order valence-corrected chi connectivity index (χ1v) is 9.50. The van der Waals surface area contributed by atoms with Crippen LogP contribution in [0.1, 0.15) is 6.92 Å². The highest BCUT2D eigenvalue weighted by Crippen LogP contribution is 2.51. The summed E-state index contributed by atoms with van der Waals surface area (Å²) in [5.74, 6) is -1.81. The summed E-state index contributed by atoms with van der Waals surface area (Å²) >= 11 is 2.36. The van der Waals surface area contributed by atoms with E-state index < -0.39 is 28.2 Å². The number of nitrogens with zero attached hydrogens (tertiary/aromatic N) is 2. The molecule has 8 nitrogen and oxygen atoms in total. The summed E-state index contributed by atoms with van der Waals surface area (Å²) in [7, 11) is 2.81. The second kappa shape index (κ2) is 7.03. The number of rotatable bonds is 6. The number of methoxy groups -OCH3 is 2. The maximum Gasteiger partial charge on any atom is 0.321 e. The number of hydrogen-bond donors (Lipinski definition) is 1. The molecule has 1 saturated heterocycles. The third kappa shape index (κ3) is 2.64. The van der Waals surface area contributed by atoms with Crippen LogP contribution in [0, 0.1) is 0 Å². The van der Waals surface area contributed by atoms with E-state index in [1.54, 1.807) is 17.5 Å². The van der Waals surface area contributed by atoms with Crippen LogP contribution in [-0.2, 0) is 23.9 Å². The minimum absolute atomic E-state index is 0.0990. The van der Waals surface area contributed by atoms with Gasteiger partial charge in [0, 0.05) is 27.3 Å². The first-order chi connectivity index (χ1) is 12.4. The van der Waals surface area contributed by atoms with Crippen LogP contribution in [0.4, 0.5) is 5.00 Å². The number of hydrogen-bond acceptors (Lipinski definition) is 7. The minimum Gasteiger partial charge on any atom is -0.480 e. The Morgan fingerprint density at radius 3 is 2.65 bits per heavy atom. The van der Waals surface area contributed by atoms with E-state index in [0.29, 0.717) is 10.6 Å². The largest absolute Gasteiger partial charge is 0.480 e. The van der Waals surface area contributed by atoms with Crippen LogP contribution in [0.3, 0.4) is 0 Å². The highest BCUT2D eigenvalue weighted by atomic mass is 32.2. The number of carboxylic acid groups (broad SMARTS) is 1. The van der Waals surface area contributed by atoms with Gasteiger partial charge in [0.1, 0.15) is 15.6 Å². The van der Waals surface area contributed by atoms with E-state index in [9.17, 15) is 19.5 Å². The number of carbonyl (C=O) groups is 3. The van der Waals surface area contributed by atoms with E-state index in [4.69, 9.17) is 9.47 Å². The van der Waals surface area contributed by atoms with Crippen molar-refractivity contribution in [1.29, 1.82) is 0 Å². The molecule has 1 N–H and O–H groups in total. The molecule has 26 heavy (non-hydrogen) atoms. The predicted octanol–water partition coefficient (Wildman–Crippen LogP) is 1.34. The van der Waals surface area contributed by atoms with Gasteiger partial charge in [-0.15, -0.1) is 23.1 Å². The van der Waals surface area contributed by atoms with E-state index in [0.717, 1.165) is 11.8 Å². The summed E-state index contributed by atoms with van der Waals surface area (Å²) in [6.07, 6.45) is 1.50. The lowest BCUT2D eigenvalue weighted by atomic mass is 9.98. The van der Waals surface area contributed by atoms with Crippen molar-refractivity contribution < 1.29 is 29.0 Å². The normalized spacial score (nSPS) is 27.4. The molecular formula is C16H18N2O6S2. The van der Waals surface area contributed by atoms with E-state index in [2.05, 4.69) is 0 Å². The zero-order chi connectivity index (χ0) is 19.1. The van der Waals surface area contributed by atoms with E-state index >= 15 is 0 Å². The molecule has 3 rings (SSSR count). The lowest BCUT2D eigenvalue weighted by molar-refractivity contribution is -0.182. The van der Waals surface area contributed by atoms with Crippen molar-refractivity contribution in [1.82, 2.24) is 4.90 Å². The summed E-state index contributed by atoms with van der Waals surface area (Å²) in [5, 5.41) is 10.4. The first kappa shape index (κ1) is 18.9. The van der Waals surface area contributed by atoms with Crippen LogP contribution < -0.4 is 4.90 Å². The Morgan fingerprint density at radius 1 is 1.42 bits per heavy atom. The van der Waals surface area contributed by atoms with Crippen LogP contribution >= 0.6 is 23.1 Å². The number of amides is 2. The fourth-order valence-corrected chi connectivity index (χ4v) is 5.47. The molecule has 1 aromatic heterocycles.